The number of carbonyl (C=O) groups excluding carboxylic acids is 1. The highest BCUT2D eigenvalue weighted by Crippen LogP contribution is 2.33. The molecule has 1 aromatic rings. The summed E-state index contributed by atoms with van der Waals surface area (Å²) in [6.45, 7) is 0. The summed E-state index contributed by atoms with van der Waals surface area (Å²) in [5, 5.41) is 11.8. The summed E-state index contributed by atoms with van der Waals surface area (Å²) >= 11 is 1.48. The van der Waals surface area contributed by atoms with Gasteiger partial charge < -0.3 is 10.4 Å². The maximum absolute atomic E-state index is 10.9. The van der Waals surface area contributed by atoms with E-state index >= 15 is 0 Å². The number of carbonyl (C=O) groups is 1. The van der Waals surface area contributed by atoms with Gasteiger partial charge >= 0.3 is 0 Å². The van der Waals surface area contributed by atoms with Crippen LogP contribution < -0.4 is 5.32 Å². The summed E-state index contributed by atoms with van der Waals surface area (Å²) in [6, 6.07) is 4.97. The number of aromatic hydroxyl groups is 1. The predicted molar refractivity (Wildman–Crippen MR) is 47.5 cm³/mol. The molecule has 0 radical (unpaired) electrons. The first-order valence-corrected chi connectivity index (χ1v) is 4.50. The van der Waals surface area contributed by atoms with Crippen molar-refractivity contribution in [1.29, 1.82) is 0 Å². The molecular formula is C8H7NO2S. The molecule has 0 saturated heterocycles. The van der Waals surface area contributed by atoms with Gasteiger partial charge in [-0.2, -0.15) is 0 Å². The molecule has 0 fully saturated rings. The number of amides is 1. The Hall–Kier alpha value is -1.16. The van der Waals surface area contributed by atoms with Gasteiger partial charge in [0.15, 0.2) is 0 Å². The van der Waals surface area contributed by atoms with Gasteiger partial charge in [0.1, 0.15) is 5.75 Å². The van der Waals surface area contributed by atoms with Crippen LogP contribution in [-0.4, -0.2) is 16.8 Å². The van der Waals surface area contributed by atoms with Crippen molar-refractivity contribution < 1.29 is 9.90 Å². The number of hydrogen-bond acceptors (Lipinski definition) is 3. The van der Waals surface area contributed by atoms with Gasteiger partial charge in [0.2, 0.25) is 5.91 Å². The number of nitrogens with one attached hydrogen (secondary N) is 1. The zero-order valence-corrected chi connectivity index (χ0v) is 7.02. The first kappa shape index (κ1) is 7.49. The molecule has 0 spiro atoms. The van der Waals surface area contributed by atoms with E-state index in [1.165, 1.54) is 11.8 Å². The molecule has 0 aliphatic carbocycles. The first-order chi connectivity index (χ1) is 5.75. The molecule has 1 heterocycles. The number of thioether (sulfide) groups is 1. The van der Waals surface area contributed by atoms with Crippen molar-refractivity contribution >= 4 is 23.4 Å². The lowest BCUT2D eigenvalue weighted by atomic mass is 10.3. The van der Waals surface area contributed by atoms with E-state index in [1.807, 2.05) is 0 Å². The predicted octanol–water partition coefficient (Wildman–Crippen LogP) is 1.44. The quantitative estimate of drug-likeness (QED) is 0.636. The fourth-order valence-electron chi connectivity index (χ4n) is 1.07. The monoisotopic (exact) mass is 181 g/mol. The molecule has 1 aliphatic rings. The molecule has 1 amide bonds. The molecule has 1 aliphatic heterocycles. The highest BCUT2D eigenvalue weighted by atomic mass is 32.2. The minimum atomic E-state index is -0.0156. The maximum atomic E-state index is 10.9. The number of fused-ring (bicyclic) bond motifs is 1. The van der Waals surface area contributed by atoms with E-state index in [1.54, 1.807) is 18.2 Å². The number of rotatable bonds is 0. The van der Waals surface area contributed by atoms with Crippen LogP contribution >= 0.6 is 11.8 Å². The zero-order valence-electron chi connectivity index (χ0n) is 6.20. The third-order valence-electron chi connectivity index (χ3n) is 1.60. The number of phenolic OH excluding ortho intramolecular Hbond substituents is 1. The normalized spacial score (nSPS) is 15.2. The van der Waals surface area contributed by atoms with Crippen LogP contribution in [-0.2, 0) is 4.79 Å². The van der Waals surface area contributed by atoms with Crippen molar-refractivity contribution in [2.24, 2.45) is 0 Å². The minimum Gasteiger partial charge on any atom is -0.508 e. The SMILES string of the molecule is O=C1CSc2ccc(O)cc2N1. The highest BCUT2D eigenvalue weighted by molar-refractivity contribution is 8.00. The molecule has 0 atom stereocenters. The molecule has 0 aromatic heterocycles. The van der Waals surface area contributed by atoms with E-state index in [2.05, 4.69) is 5.32 Å². The largest absolute Gasteiger partial charge is 0.508 e. The summed E-state index contributed by atoms with van der Waals surface area (Å²) in [7, 11) is 0. The molecule has 1 aromatic carbocycles. The van der Waals surface area contributed by atoms with Crippen LogP contribution in [0.5, 0.6) is 5.75 Å². The van der Waals surface area contributed by atoms with Gasteiger partial charge in [-0.3, -0.25) is 4.79 Å². The Balaban J connectivity index is 2.44. The molecule has 4 heteroatoms. The van der Waals surface area contributed by atoms with Crippen molar-refractivity contribution in [2.75, 3.05) is 11.1 Å². The molecule has 0 unspecified atom stereocenters. The van der Waals surface area contributed by atoms with Gasteiger partial charge in [0.25, 0.3) is 0 Å². The fraction of sp³-hybridized carbons (Fsp3) is 0.125. The van der Waals surface area contributed by atoms with Gasteiger partial charge in [-0.15, -0.1) is 11.8 Å². The Kier molecular flexibility index (Phi) is 1.69. The minimum absolute atomic E-state index is 0.0156. The van der Waals surface area contributed by atoms with Crippen LogP contribution in [0.15, 0.2) is 23.1 Å². The van der Waals surface area contributed by atoms with Crippen LogP contribution in [0.25, 0.3) is 0 Å². The first-order valence-electron chi connectivity index (χ1n) is 3.51. The molecule has 2 rings (SSSR count). The Morgan fingerprint density at radius 2 is 2.33 bits per heavy atom. The Morgan fingerprint density at radius 3 is 3.17 bits per heavy atom. The second-order valence-corrected chi connectivity index (χ2v) is 3.53. The second-order valence-electron chi connectivity index (χ2n) is 2.52. The maximum Gasteiger partial charge on any atom is 0.234 e. The molecular weight excluding hydrogens is 174 g/mol. The van der Waals surface area contributed by atoms with E-state index in [9.17, 15) is 4.79 Å². The average Bonchev–Trinajstić information content (AvgIpc) is 2.03. The molecule has 0 bridgehead atoms. The Bertz CT molecular complexity index is 338. The van der Waals surface area contributed by atoms with Crippen LogP contribution in [0, 0.1) is 0 Å². The molecule has 3 nitrogen and oxygen atoms in total. The summed E-state index contributed by atoms with van der Waals surface area (Å²) in [5.41, 5.74) is 0.705. The van der Waals surface area contributed by atoms with Gasteiger partial charge in [-0.05, 0) is 12.1 Å². The number of anilines is 1. The topological polar surface area (TPSA) is 49.3 Å². The van der Waals surface area contributed by atoms with E-state index in [0.29, 0.717) is 11.4 Å². The van der Waals surface area contributed by atoms with Crippen molar-refractivity contribution in [2.45, 2.75) is 4.90 Å². The van der Waals surface area contributed by atoms with E-state index in [0.717, 1.165) is 4.90 Å². The lowest BCUT2D eigenvalue weighted by Gasteiger charge is -2.15. The van der Waals surface area contributed by atoms with Crippen LogP contribution in [0.1, 0.15) is 0 Å². The van der Waals surface area contributed by atoms with Gasteiger partial charge in [0.05, 0.1) is 11.4 Å². The van der Waals surface area contributed by atoms with Crippen molar-refractivity contribution in [3.05, 3.63) is 18.2 Å². The third kappa shape index (κ3) is 1.25. The highest BCUT2D eigenvalue weighted by Gasteiger charge is 2.14. The van der Waals surface area contributed by atoms with Gasteiger partial charge in [-0.25, -0.2) is 0 Å². The van der Waals surface area contributed by atoms with Crippen molar-refractivity contribution in [1.82, 2.24) is 0 Å². The number of benzene rings is 1. The smallest absolute Gasteiger partial charge is 0.234 e. The van der Waals surface area contributed by atoms with Crippen LogP contribution in [0.4, 0.5) is 5.69 Å². The average molecular weight is 181 g/mol. The number of phenols is 1. The molecule has 2 N–H and O–H groups in total. The lowest BCUT2D eigenvalue weighted by molar-refractivity contribution is -0.113. The molecule has 12 heavy (non-hydrogen) atoms. The van der Waals surface area contributed by atoms with Crippen molar-refractivity contribution in [3.63, 3.8) is 0 Å². The fourth-order valence-corrected chi connectivity index (χ4v) is 1.86. The van der Waals surface area contributed by atoms with Gasteiger partial charge in [-0.1, -0.05) is 0 Å². The standard InChI is InChI=1S/C8H7NO2S/c10-5-1-2-7-6(3-5)9-8(11)4-12-7/h1-3,10H,4H2,(H,9,11). The molecule has 62 valence electrons. The van der Waals surface area contributed by atoms with Crippen LogP contribution in [0.2, 0.25) is 0 Å². The number of hydrogen-bond donors (Lipinski definition) is 2. The second kappa shape index (κ2) is 2.71. The zero-order chi connectivity index (χ0) is 8.55. The van der Waals surface area contributed by atoms with E-state index < -0.39 is 0 Å². The third-order valence-corrected chi connectivity index (χ3v) is 2.67. The van der Waals surface area contributed by atoms with E-state index in [-0.39, 0.29) is 11.7 Å². The summed E-state index contributed by atoms with van der Waals surface area (Å²) < 4.78 is 0. The Labute approximate surface area is 73.8 Å². The summed E-state index contributed by atoms with van der Waals surface area (Å²) in [6.07, 6.45) is 0. The molecule has 0 saturated carbocycles. The van der Waals surface area contributed by atoms with E-state index in [4.69, 9.17) is 5.11 Å². The Morgan fingerprint density at radius 1 is 1.50 bits per heavy atom. The lowest BCUT2D eigenvalue weighted by Crippen LogP contribution is -2.18. The summed E-state index contributed by atoms with van der Waals surface area (Å²) in [4.78, 5) is 11.9. The van der Waals surface area contributed by atoms with Crippen LogP contribution in [0.3, 0.4) is 0 Å². The summed E-state index contributed by atoms with van der Waals surface area (Å²) in [5.74, 6) is 0.618. The van der Waals surface area contributed by atoms with Gasteiger partial charge in [0, 0.05) is 11.0 Å². The van der Waals surface area contributed by atoms with Crippen molar-refractivity contribution in [3.8, 4) is 5.75 Å².